The molecule has 2 unspecified atom stereocenters. The van der Waals surface area contributed by atoms with Crippen molar-refractivity contribution in [2.24, 2.45) is 5.92 Å². The number of hydrogen-bond donors (Lipinski definition) is 2. The number of likely N-dealkylation sites (tertiary alicyclic amines) is 1. The molecular formula is C24H25N5O3S2. The summed E-state index contributed by atoms with van der Waals surface area (Å²) in [4.78, 5) is 41.1. The molecule has 8 nitrogen and oxygen atoms in total. The SMILES string of the molecule is COCC1CCCN1C(=O)C1CCc2c(sc3ncnc(Nc4ccc5[nH]c(=O)sc5c4)c23)C1. The number of aromatic nitrogens is 3. The maximum atomic E-state index is 13.3. The second-order valence-corrected chi connectivity index (χ2v) is 11.1. The average molecular weight is 496 g/mol. The van der Waals surface area contributed by atoms with Crippen LogP contribution < -0.4 is 10.2 Å². The number of carbonyl (C=O) groups excluding carboxylic acids is 1. The van der Waals surface area contributed by atoms with Gasteiger partial charge in [0.2, 0.25) is 5.91 Å². The lowest BCUT2D eigenvalue weighted by Gasteiger charge is -2.30. The molecule has 1 saturated heterocycles. The van der Waals surface area contributed by atoms with E-state index in [-0.39, 0.29) is 22.7 Å². The molecule has 1 aliphatic carbocycles. The van der Waals surface area contributed by atoms with E-state index in [2.05, 4.69) is 20.3 Å². The first-order valence-corrected chi connectivity index (χ1v) is 13.2. The minimum Gasteiger partial charge on any atom is -0.383 e. The zero-order valence-electron chi connectivity index (χ0n) is 18.8. The number of benzene rings is 1. The maximum absolute atomic E-state index is 13.3. The highest BCUT2D eigenvalue weighted by Gasteiger charge is 2.36. The molecule has 6 rings (SSSR count). The highest BCUT2D eigenvalue weighted by Crippen LogP contribution is 2.41. The number of thiazole rings is 1. The molecule has 3 aromatic heterocycles. The van der Waals surface area contributed by atoms with Gasteiger partial charge in [-0.05, 0) is 55.9 Å². The van der Waals surface area contributed by atoms with Gasteiger partial charge >= 0.3 is 4.87 Å². The Bertz CT molecular complexity index is 1440. The fourth-order valence-electron chi connectivity index (χ4n) is 5.30. The van der Waals surface area contributed by atoms with Crippen molar-refractivity contribution in [3.63, 3.8) is 0 Å². The first-order chi connectivity index (χ1) is 16.6. The monoisotopic (exact) mass is 495 g/mol. The van der Waals surface area contributed by atoms with Crippen molar-refractivity contribution >= 4 is 60.5 Å². The van der Waals surface area contributed by atoms with Gasteiger partial charge in [-0.1, -0.05) is 11.3 Å². The van der Waals surface area contributed by atoms with E-state index in [0.29, 0.717) is 6.61 Å². The third-order valence-corrected chi connectivity index (χ3v) is 8.91. The number of carbonyl (C=O) groups is 1. The highest BCUT2D eigenvalue weighted by molar-refractivity contribution is 7.19. The van der Waals surface area contributed by atoms with Crippen molar-refractivity contribution in [2.45, 2.75) is 38.1 Å². The number of fused-ring (bicyclic) bond motifs is 4. The van der Waals surface area contributed by atoms with Crippen LogP contribution in [0.5, 0.6) is 0 Å². The van der Waals surface area contributed by atoms with Crippen molar-refractivity contribution in [2.75, 3.05) is 25.6 Å². The molecule has 1 aromatic carbocycles. The number of ether oxygens (including phenoxy) is 1. The van der Waals surface area contributed by atoms with Gasteiger partial charge in [0, 0.05) is 30.1 Å². The Hall–Kier alpha value is -2.82. The number of nitrogens with one attached hydrogen (secondary N) is 2. The standard InChI is InChI=1S/C24H25N5O3S2/c1-32-11-15-3-2-8-29(15)23(30)13-4-6-16-18(9-13)33-22-20(16)21(25-12-26-22)27-14-5-7-17-19(10-14)34-24(31)28-17/h5,7,10,12-13,15H,2-4,6,8-9,11H2,1H3,(H,28,31)(H,25,26,27). The predicted molar refractivity (Wildman–Crippen MR) is 135 cm³/mol. The van der Waals surface area contributed by atoms with Crippen LogP contribution in [0.2, 0.25) is 0 Å². The molecule has 1 fully saturated rings. The van der Waals surface area contributed by atoms with Crippen LogP contribution in [-0.4, -0.2) is 52.1 Å². The van der Waals surface area contributed by atoms with E-state index in [1.165, 1.54) is 21.8 Å². The van der Waals surface area contributed by atoms with Gasteiger partial charge in [-0.2, -0.15) is 0 Å². The molecule has 2 aliphatic rings. The summed E-state index contributed by atoms with van der Waals surface area (Å²) in [5.41, 5.74) is 2.97. The van der Waals surface area contributed by atoms with E-state index < -0.39 is 0 Å². The Labute approximate surface area is 204 Å². The largest absolute Gasteiger partial charge is 0.383 e. The Morgan fingerprint density at radius 1 is 1.29 bits per heavy atom. The average Bonchev–Trinajstić information content (AvgIpc) is 3.54. The molecule has 0 saturated carbocycles. The second-order valence-electron chi connectivity index (χ2n) is 8.98. The molecule has 2 N–H and O–H groups in total. The van der Waals surface area contributed by atoms with Gasteiger partial charge in [0.1, 0.15) is 17.0 Å². The van der Waals surface area contributed by atoms with Crippen LogP contribution in [0, 0.1) is 5.92 Å². The van der Waals surface area contributed by atoms with E-state index in [4.69, 9.17) is 4.74 Å². The van der Waals surface area contributed by atoms with E-state index in [0.717, 1.165) is 70.6 Å². The molecule has 0 radical (unpaired) electrons. The smallest absolute Gasteiger partial charge is 0.305 e. The van der Waals surface area contributed by atoms with E-state index in [1.54, 1.807) is 24.8 Å². The van der Waals surface area contributed by atoms with Crippen molar-refractivity contribution in [3.05, 3.63) is 44.6 Å². The van der Waals surface area contributed by atoms with Crippen LogP contribution in [0.15, 0.2) is 29.3 Å². The summed E-state index contributed by atoms with van der Waals surface area (Å²) in [6.45, 7) is 1.45. The third-order valence-electron chi connectivity index (χ3n) is 6.90. The number of rotatable bonds is 5. The van der Waals surface area contributed by atoms with Gasteiger partial charge in [0.15, 0.2) is 0 Å². The molecule has 1 amide bonds. The maximum Gasteiger partial charge on any atom is 0.305 e. The highest BCUT2D eigenvalue weighted by atomic mass is 32.1. The van der Waals surface area contributed by atoms with Crippen LogP contribution in [0.25, 0.3) is 20.4 Å². The number of amides is 1. The van der Waals surface area contributed by atoms with Crippen LogP contribution in [0.3, 0.4) is 0 Å². The van der Waals surface area contributed by atoms with E-state index in [1.807, 2.05) is 23.1 Å². The summed E-state index contributed by atoms with van der Waals surface area (Å²) in [6, 6.07) is 6.02. The molecule has 34 heavy (non-hydrogen) atoms. The summed E-state index contributed by atoms with van der Waals surface area (Å²) >= 11 is 2.87. The molecule has 4 heterocycles. The molecular weight excluding hydrogens is 470 g/mol. The van der Waals surface area contributed by atoms with Gasteiger partial charge in [0.25, 0.3) is 0 Å². The third kappa shape index (κ3) is 3.79. The number of H-pyrrole nitrogens is 1. The van der Waals surface area contributed by atoms with Crippen LogP contribution in [-0.2, 0) is 22.4 Å². The van der Waals surface area contributed by atoms with Crippen molar-refractivity contribution < 1.29 is 9.53 Å². The predicted octanol–water partition coefficient (Wildman–Crippen LogP) is 4.08. The number of hydrogen-bond acceptors (Lipinski definition) is 8. The topological polar surface area (TPSA) is 100 Å². The zero-order chi connectivity index (χ0) is 23.2. The lowest BCUT2D eigenvalue weighted by molar-refractivity contribution is -0.137. The Morgan fingerprint density at radius 2 is 2.21 bits per heavy atom. The zero-order valence-corrected chi connectivity index (χ0v) is 20.4. The Balaban J connectivity index is 1.28. The molecule has 176 valence electrons. The quantitative estimate of drug-likeness (QED) is 0.433. The summed E-state index contributed by atoms with van der Waals surface area (Å²) in [6.07, 6.45) is 6.10. The molecule has 10 heteroatoms. The van der Waals surface area contributed by atoms with Gasteiger partial charge in [0.05, 0.1) is 28.3 Å². The van der Waals surface area contributed by atoms with Crippen molar-refractivity contribution in [3.8, 4) is 0 Å². The number of methoxy groups -OCH3 is 1. The van der Waals surface area contributed by atoms with Crippen LogP contribution >= 0.6 is 22.7 Å². The van der Waals surface area contributed by atoms with Gasteiger partial charge in [-0.15, -0.1) is 11.3 Å². The summed E-state index contributed by atoms with van der Waals surface area (Å²) in [7, 11) is 1.70. The van der Waals surface area contributed by atoms with Gasteiger partial charge < -0.3 is 19.9 Å². The van der Waals surface area contributed by atoms with Crippen molar-refractivity contribution in [1.29, 1.82) is 0 Å². The number of anilines is 2. The Kier molecular flexibility index (Phi) is 5.59. The normalized spacial score (nSPS) is 20.2. The molecule has 2 atom stereocenters. The van der Waals surface area contributed by atoms with Crippen LogP contribution in [0.1, 0.15) is 29.7 Å². The van der Waals surface area contributed by atoms with Crippen molar-refractivity contribution in [1.82, 2.24) is 19.9 Å². The summed E-state index contributed by atoms with van der Waals surface area (Å²) in [5, 5.41) is 4.49. The van der Waals surface area contributed by atoms with Gasteiger partial charge in [-0.25, -0.2) is 9.97 Å². The summed E-state index contributed by atoms with van der Waals surface area (Å²) in [5.74, 6) is 1.06. The number of aryl methyl sites for hydroxylation is 1. The fourth-order valence-corrected chi connectivity index (χ4v) is 7.34. The van der Waals surface area contributed by atoms with E-state index in [9.17, 15) is 9.59 Å². The number of nitrogens with zero attached hydrogens (tertiary/aromatic N) is 3. The van der Waals surface area contributed by atoms with E-state index >= 15 is 0 Å². The lowest BCUT2D eigenvalue weighted by Crippen LogP contribution is -2.43. The Morgan fingerprint density at radius 3 is 3.09 bits per heavy atom. The lowest BCUT2D eigenvalue weighted by atomic mass is 9.86. The minimum absolute atomic E-state index is 0.0150. The molecule has 1 aliphatic heterocycles. The molecule has 0 spiro atoms. The first-order valence-electron chi connectivity index (χ1n) is 11.6. The number of aromatic amines is 1. The van der Waals surface area contributed by atoms with Crippen LogP contribution in [0.4, 0.5) is 11.5 Å². The number of thiophene rings is 1. The van der Waals surface area contributed by atoms with Gasteiger partial charge in [-0.3, -0.25) is 9.59 Å². The molecule has 4 aromatic rings. The second kappa shape index (κ2) is 8.75. The first kappa shape index (κ1) is 21.7. The molecule has 0 bridgehead atoms. The summed E-state index contributed by atoms with van der Waals surface area (Å²) < 4.78 is 6.25. The minimum atomic E-state index is -0.0601. The fraction of sp³-hybridized carbons (Fsp3) is 0.417.